The molecule has 1 aromatic carbocycles. The van der Waals surface area contributed by atoms with Crippen molar-refractivity contribution in [3.63, 3.8) is 0 Å². The lowest BCUT2D eigenvalue weighted by Gasteiger charge is -2.36. The van der Waals surface area contributed by atoms with Crippen molar-refractivity contribution in [2.24, 2.45) is 11.7 Å². The fourth-order valence-electron chi connectivity index (χ4n) is 2.64. The van der Waals surface area contributed by atoms with Gasteiger partial charge in [0, 0.05) is 29.8 Å². The molecule has 4 nitrogen and oxygen atoms in total. The molecule has 2 unspecified atom stereocenters. The van der Waals surface area contributed by atoms with E-state index in [1.807, 2.05) is 0 Å². The van der Waals surface area contributed by atoms with E-state index >= 15 is 0 Å². The molecule has 0 radical (unpaired) electrons. The van der Waals surface area contributed by atoms with Crippen molar-refractivity contribution in [3.8, 4) is 0 Å². The first-order chi connectivity index (χ1) is 9.58. The average molecular weight is 296 g/mol. The van der Waals surface area contributed by atoms with E-state index in [0.717, 1.165) is 31.6 Å². The van der Waals surface area contributed by atoms with Gasteiger partial charge in [0.15, 0.2) is 0 Å². The lowest BCUT2D eigenvalue weighted by atomic mass is 9.91. The van der Waals surface area contributed by atoms with Crippen LogP contribution >= 0.6 is 11.6 Å². The Balaban J connectivity index is 1.84. The molecule has 2 atom stereocenters. The van der Waals surface area contributed by atoms with Crippen molar-refractivity contribution in [3.05, 3.63) is 29.3 Å². The summed E-state index contributed by atoms with van der Waals surface area (Å²) in [5, 5.41) is 3.56. The van der Waals surface area contributed by atoms with E-state index in [1.165, 1.54) is 0 Å². The van der Waals surface area contributed by atoms with Crippen LogP contribution in [0.3, 0.4) is 0 Å². The quantitative estimate of drug-likeness (QED) is 0.896. The minimum absolute atomic E-state index is 0.0117. The van der Waals surface area contributed by atoms with E-state index in [9.17, 15) is 4.79 Å². The molecule has 1 fully saturated rings. The van der Waals surface area contributed by atoms with Crippen LogP contribution in [0.15, 0.2) is 24.3 Å². The number of carbonyl (C=O) groups excluding carboxylic acids is 1. The molecule has 0 aliphatic carbocycles. The molecule has 0 bridgehead atoms. The number of likely N-dealkylation sites (tertiary alicyclic amines) is 1. The zero-order valence-electron chi connectivity index (χ0n) is 11.8. The van der Waals surface area contributed by atoms with Crippen molar-refractivity contribution in [1.29, 1.82) is 0 Å². The van der Waals surface area contributed by atoms with Gasteiger partial charge >= 0.3 is 0 Å². The summed E-state index contributed by atoms with van der Waals surface area (Å²) in [7, 11) is 0. The van der Waals surface area contributed by atoms with Gasteiger partial charge in [0.25, 0.3) is 0 Å². The van der Waals surface area contributed by atoms with Crippen LogP contribution in [0.1, 0.15) is 19.8 Å². The van der Waals surface area contributed by atoms with Crippen LogP contribution < -0.4 is 11.1 Å². The molecule has 2 rings (SSSR count). The molecule has 0 aromatic heterocycles. The number of hydrogen-bond donors (Lipinski definition) is 2. The summed E-state index contributed by atoms with van der Waals surface area (Å²) in [5.41, 5.74) is 6.86. The van der Waals surface area contributed by atoms with Crippen molar-refractivity contribution < 1.29 is 4.79 Å². The fourth-order valence-corrected chi connectivity index (χ4v) is 2.76. The second kappa shape index (κ2) is 7.07. The SMILES string of the molecule is CCC1CN(CC(=O)Nc2ccc(Cl)cc2)CCC1N. The van der Waals surface area contributed by atoms with Gasteiger partial charge in [-0.05, 0) is 36.6 Å². The number of rotatable bonds is 4. The maximum Gasteiger partial charge on any atom is 0.238 e. The molecule has 1 aliphatic heterocycles. The molecule has 110 valence electrons. The summed E-state index contributed by atoms with van der Waals surface area (Å²) in [4.78, 5) is 14.2. The Bertz CT molecular complexity index is 449. The van der Waals surface area contributed by atoms with E-state index in [4.69, 9.17) is 17.3 Å². The molecule has 1 heterocycles. The number of carbonyl (C=O) groups is 1. The smallest absolute Gasteiger partial charge is 0.238 e. The number of amides is 1. The zero-order chi connectivity index (χ0) is 14.5. The van der Waals surface area contributed by atoms with E-state index < -0.39 is 0 Å². The Morgan fingerprint density at radius 2 is 2.15 bits per heavy atom. The first-order valence-electron chi connectivity index (χ1n) is 7.12. The largest absolute Gasteiger partial charge is 0.327 e. The van der Waals surface area contributed by atoms with Crippen molar-refractivity contribution in [1.82, 2.24) is 4.90 Å². The number of nitrogens with zero attached hydrogens (tertiary/aromatic N) is 1. The number of hydrogen-bond acceptors (Lipinski definition) is 3. The minimum atomic E-state index is 0.0117. The Kier molecular flexibility index (Phi) is 5.40. The number of benzene rings is 1. The summed E-state index contributed by atoms with van der Waals surface area (Å²) in [6.45, 7) is 4.38. The van der Waals surface area contributed by atoms with Crippen molar-refractivity contribution in [2.45, 2.75) is 25.8 Å². The average Bonchev–Trinajstić information content (AvgIpc) is 2.43. The monoisotopic (exact) mass is 295 g/mol. The standard InChI is InChI=1S/C15H22ClN3O/c1-2-11-9-19(8-7-14(11)17)10-15(20)18-13-5-3-12(16)4-6-13/h3-6,11,14H,2,7-10,17H2,1H3,(H,18,20). The van der Waals surface area contributed by atoms with Crippen molar-refractivity contribution in [2.75, 3.05) is 25.0 Å². The number of piperidine rings is 1. The predicted octanol–water partition coefficient (Wildman–Crippen LogP) is 2.34. The molecule has 20 heavy (non-hydrogen) atoms. The van der Waals surface area contributed by atoms with Crippen LogP contribution in [0, 0.1) is 5.92 Å². The lowest BCUT2D eigenvalue weighted by Crippen LogP contribution is -2.48. The van der Waals surface area contributed by atoms with Gasteiger partial charge in [-0.15, -0.1) is 0 Å². The minimum Gasteiger partial charge on any atom is -0.327 e. The topological polar surface area (TPSA) is 58.4 Å². The number of anilines is 1. The number of nitrogens with one attached hydrogen (secondary N) is 1. The third kappa shape index (κ3) is 4.20. The van der Waals surface area contributed by atoms with Gasteiger partial charge in [-0.2, -0.15) is 0 Å². The van der Waals surface area contributed by atoms with Gasteiger partial charge < -0.3 is 11.1 Å². The second-order valence-corrected chi connectivity index (χ2v) is 5.85. The highest BCUT2D eigenvalue weighted by molar-refractivity contribution is 6.30. The Morgan fingerprint density at radius 1 is 1.45 bits per heavy atom. The summed E-state index contributed by atoms with van der Waals surface area (Å²) in [5.74, 6) is 0.504. The Labute approximate surface area is 125 Å². The van der Waals surface area contributed by atoms with E-state index in [-0.39, 0.29) is 11.9 Å². The van der Waals surface area contributed by atoms with Crippen LogP contribution in [-0.4, -0.2) is 36.5 Å². The lowest BCUT2D eigenvalue weighted by molar-refractivity contribution is -0.117. The van der Waals surface area contributed by atoms with Gasteiger partial charge in [-0.3, -0.25) is 9.69 Å². The van der Waals surface area contributed by atoms with Crippen LogP contribution in [0.25, 0.3) is 0 Å². The van der Waals surface area contributed by atoms with E-state index in [1.54, 1.807) is 24.3 Å². The highest BCUT2D eigenvalue weighted by Gasteiger charge is 2.26. The van der Waals surface area contributed by atoms with Gasteiger partial charge in [0.1, 0.15) is 0 Å². The zero-order valence-corrected chi connectivity index (χ0v) is 12.6. The summed E-state index contributed by atoms with van der Waals surface area (Å²) < 4.78 is 0. The van der Waals surface area contributed by atoms with Crippen LogP contribution in [0.4, 0.5) is 5.69 Å². The van der Waals surface area contributed by atoms with E-state index in [2.05, 4.69) is 17.1 Å². The first-order valence-corrected chi connectivity index (χ1v) is 7.49. The van der Waals surface area contributed by atoms with Gasteiger partial charge in [-0.25, -0.2) is 0 Å². The predicted molar refractivity (Wildman–Crippen MR) is 82.9 cm³/mol. The second-order valence-electron chi connectivity index (χ2n) is 5.41. The molecular formula is C15H22ClN3O. The molecule has 5 heteroatoms. The van der Waals surface area contributed by atoms with E-state index in [0.29, 0.717) is 17.5 Å². The summed E-state index contributed by atoms with van der Waals surface area (Å²) in [6, 6.07) is 7.42. The van der Waals surface area contributed by atoms with Gasteiger partial charge in [0.05, 0.1) is 6.54 Å². The Hall–Kier alpha value is -1.10. The normalized spacial score (nSPS) is 23.6. The maximum atomic E-state index is 12.0. The summed E-state index contributed by atoms with van der Waals surface area (Å²) in [6.07, 6.45) is 2.03. The molecule has 1 aliphatic rings. The highest BCUT2D eigenvalue weighted by Crippen LogP contribution is 2.18. The maximum absolute atomic E-state index is 12.0. The number of halogens is 1. The fraction of sp³-hybridized carbons (Fsp3) is 0.533. The summed E-state index contributed by atoms with van der Waals surface area (Å²) >= 11 is 5.82. The molecule has 3 N–H and O–H groups in total. The molecule has 0 spiro atoms. The van der Waals surface area contributed by atoms with Crippen LogP contribution in [0.2, 0.25) is 5.02 Å². The molecule has 1 saturated heterocycles. The third-order valence-corrected chi connectivity index (χ3v) is 4.15. The Morgan fingerprint density at radius 3 is 2.80 bits per heavy atom. The van der Waals surface area contributed by atoms with Gasteiger partial charge in [0.2, 0.25) is 5.91 Å². The highest BCUT2D eigenvalue weighted by atomic mass is 35.5. The molecule has 0 saturated carbocycles. The molecule has 1 amide bonds. The van der Waals surface area contributed by atoms with Crippen LogP contribution in [-0.2, 0) is 4.79 Å². The van der Waals surface area contributed by atoms with Crippen molar-refractivity contribution >= 4 is 23.2 Å². The molecular weight excluding hydrogens is 274 g/mol. The molecule has 1 aromatic rings. The number of nitrogens with two attached hydrogens (primary N) is 1. The first kappa shape index (κ1) is 15.3. The third-order valence-electron chi connectivity index (χ3n) is 3.90. The van der Waals surface area contributed by atoms with Gasteiger partial charge in [-0.1, -0.05) is 24.9 Å². The van der Waals surface area contributed by atoms with Crippen LogP contribution in [0.5, 0.6) is 0 Å².